The van der Waals surface area contributed by atoms with Crippen LogP contribution in [0.25, 0.3) is 0 Å². The summed E-state index contributed by atoms with van der Waals surface area (Å²) in [4.78, 5) is 5.13. The van der Waals surface area contributed by atoms with Crippen LogP contribution in [0, 0.1) is 35.0 Å². The molecule has 6 aliphatic rings. The van der Waals surface area contributed by atoms with Gasteiger partial charge in [-0.05, 0) is 108 Å². The second-order valence-corrected chi connectivity index (χ2v) is 14.5. The summed E-state index contributed by atoms with van der Waals surface area (Å²) in [5.74, 6) is 3.64. The number of allylic oxidation sites excluding steroid dienone is 2. The van der Waals surface area contributed by atoms with E-state index in [9.17, 15) is 5.11 Å². The number of likely N-dealkylation sites (tertiary alicyclic amines) is 1. The molecule has 36 heavy (non-hydrogen) atoms. The van der Waals surface area contributed by atoms with E-state index in [1.54, 1.807) is 11.1 Å². The average molecular weight is 497 g/mol. The Hall–Kier alpha value is -0.680. The van der Waals surface area contributed by atoms with Gasteiger partial charge < -0.3 is 14.7 Å². The average Bonchev–Trinajstić information content (AvgIpc) is 3.28. The molecule has 4 nitrogen and oxygen atoms in total. The molecule has 4 fully saturated rings. The van der Waals surface area contributed by atoms with Crippen LogP contribution in [0.4, 0.5) is 0 Å². The molecular formula is C32H52N2O2. The number of hydrogen-bond donors (Lipinski definition) is 1. The van der Waals surface area contributed by atoms with E-state index in [0.717, 1.165) is 56.0 Å². The standard InChI is InChI=1S/C32H52N2O2/c1-20-15-29-30(34(19-20)14-13-33(5)6)22(3)32(36-29)12-10-25-26-8-7-23-16-24(35)9-11-31(23,4)28(26)17-27(25)21(2)18-32/h7,20,22,24-26,28-30,35H,8-19H2,1-6H3/t20-,22+,24-,25-,26-,28-,29+,30-,31-,32-/m0/s1. The molecule has 0 bridgehead atoms. The van der Waals surface area contributed by atoms with Crippen LogP contribution in [0.15, 0.2) is 22.8 Å². The Kier molecular flexibility index (Phi) is 6.55. The fraction of sp³-hybridized carbons (Fsp3) is 0.875. The SMILES string of the molecule is CC1=C2C[C@H]3[C@@H](CC=C4C[C@@H](O)CC[C@@]43C)[C@@H]2CC[C@@]2(C1)O[C@@H]1C[C@H](C)CN(CCN(C)C)[C@H]1[C@H]2C. The summed E-state index contributed by atoms with van der Waals surface area (Å²) in [5, 5.41) is 10.3. The van der Waals surface area contributed by atoms with Crippen LogP contribution in [-0.4, -0.2) is 72.5 Å². The molecule has 4 heteroatoms. The molecule has 2 heterocycles. The molecule has 2 aliphatic heterocycles. The van der Waals surface area contributed by atoms with Crippen LogP contribution in [0.3, 0.4) is 0 Å². The highest BCUT2D eigenvalue weighted by Crippen LogP contribution is 2.63. The molecule has 0 amide bonds. The number of likely N-dealkylation sites (N-methyl/N-ethyl adjacent to an activating group) is 1. The minimum absolute atomic E-state index is 0.0290. The molecular weight excluding hydrogens is 444 g/mol. The Balaban J connectivity index is 1.25. The van der Waals surface area contributed by atoms with E-state index in [-0.39, 0.29) is 11.7 Å². The summed E-state index contributed by atoms with van der Waals surface area (Å²) in [7, 11) is 4.40. The smallest absolute Gasteiger partial charge is 0.0765 e. The summed E-state index contributed by atoms with van der Waals surface area (Å²) in [6.07, 6.45) is 13.4. The fourth-order valence-electron chi connectivity index (χ4n) is 10.2. The number of piperidine rings is 1. The van der Waals surface area contributed by atoms with Gasteiger partial charge in [0.2, 0.25) is 0 Å². The number of nitrogens with zero attached hydrogens (tertiary/aromatic N) is 2. The molecule has 202 valence electrons. The van der Waals surface area contributed by atoms with Gasteiger partial charge in [-0.25, -0.2) is 0 Å². The quantitative estimate of drug-likeness (QED) is 0.511. The first kappa shape index (κ1) is 25.6. The molecule has 2 saturated carbocycles. The summed E-state index contributed by atoms with van der Waals surface area (Å²) in [5.41, 5.74) is 5.41. The molecule has 10 atom stereocenters. The van der Waals surface area contributed by atoms with Crippen molar-refractivity contribution in [3.05, 3.63) is 22.8 Å². The first-order valence-electron chi connectivity index (χ1n) is 15.2. The molecule has 0 aromatic rings. The minimum Gasteiger partial charge on any atom is -0.393 e. The van der Waals surface area contributed by atoms with Gasteiger partial charge in [0.1, 0.15) is 0 Å². The lowest BCUT2D eigenvalue weighted by Gasteiger charge is -2.49. The third-order valence-electron chi connectivity index (χ3n) is 12.1. The summed E-state index contributed by atoms with van der Waals surface area (Å²) >= 11 is 0. The van der Waals surface area contributed by atoms with E-state index >= 15 is 0 Å². The van der Waals surface area contributed by atoms with Gasteiger partial charge in [-0.3, -0.25) is 4.90 Å². The molecule has 0 aromatic carbocycles. The highest BCUT2D eigenvalue weighted by Gasteiger charge is 2.59. The van der Waals surface area contributed by atoms with Crippen molar-refractivity contribution in [2.75, 3.05) is 33.7 Å². The normalized spacial score (nSPS) is 48.9. The number of aliphatic hydroxyl groups is 1. The monoisotopic (exact) mass is 496 g/mol. The first-order valence-corrected chi connectivity index (χ1v) is 15.2. The zero-order chi connectivity index (χ0) is 25.4. The van der Waals surface area contributed by atoms with Gasteiger partial charge in [-0.15, -0.1) is 0 Å². The van der Waals surface area contributed by atoms with Crippen molar-refractivity contribution in [3.8, 4) is 0 Å². The van der Waals surface area contributed by atoms with Gasteiger partial charge in [0.15, 0.2) is 0 Å². The van der Waals surface area contributed by atoms with E-state index in [1.165, 1.54) is 45.1 Å². The maximum absolute atomic E-state index is 10.3. The van der Waals surface area contributed by atoms with Gasteiger partial charge in [-0.2, -0.15) is 0 Å². The lowest BCUT2D eigenvalue weighted by molar-refractivity contribution is -0.0794. The maximum atomic E-state index is 10.3. The van der Waals surface area contributed by atoms with Crippen LogP contribution in [0.5, 0.6) is 0 Å². The van der Waals surface area contributed by atoms with Crippen molar-refractivity contribution in [1.82, 2.24) is 9.80 Å². The largest absolute Gasteiger partial charge is 0.393 e. The predicted octanol–water partition coefficient (Wildman–Crippen LogP) is 5.67. The van der Waals surface area contributed by atoms with Crippen LogP contribution in [-0.2, 0) is 4.74 Å². The number of hydrogen-bond acceptors (Lipinski definition) is 4. The molecule has 1 N–H and O–H groups in total. The Morgan fingerprint density at radius 3 is 2.75 bits per heavy atom. The fourth-order valence-corrected chi connectivity index (χ4v) is 10.2. The Morgan fingerprint density at radius 2 is 1.97 bits per heavy atom. The zero-order valence-corrected chi connectivity index (χ0v) is 23.9. The van der Waals surface area contributed by atoms with Crippen LogP contribution in [0.1, 0.15) is 85.5 Å². The Labute approximate surface area is 220 Å². The van der Waals surface area contributed by atoms with E-state index in [4.69, 9.17) is 4.74 Å². The van der Waals surface area contributed by atoms with Crippen molar-refractivity contribution in [3.63, 3.8) is 0 Å². The number of rotatable bonds is 3. The second kappa shape index (κ2) is 9.21. The third kappa shape index (κ3) is 4.00. The Morgan fingerprint density at radius 1 is 1.17 bits per heavy atom. The lowest BCUT2D eigenvalue weighted by Crippen LogP contribution is -2.53. The minimum atomic E-state index is -0.113. The molecule has 0 aromatic heterocycles. The van der Waals surface area contributed by atoms with Crippen molar-refractivity contribution < 1.29 is 9.84 Å². The predicted molar refractivity (Wildman–Crippen MR) is 147 cm³/mol. The molecule has 0 radical (unpaired) electrons. The Bertz CT molecular complexity index is 925. The van der Waals surface area contributed by atoms with Crippen molar-refractivity contribution in [1.29, 1.82) is 0 Å². The van der Waals surface area contributed by atoms with Crippen molar-refractivity contribution in [2.24, 2.45) is 35.0 Å². The van der Waals surface area contributed by atoms with E-state index in [1.807, 2.05) is 5.57 Å². The number of fused-ring (bicyclic) bond motifs is 6. The molecule has 4 aliphatic carbocycles. The lowest BCUT2D eigenvalue weighted by atomic mass is 9.56. The van der Waals surface area contributed by atoms with E-state index in [0.29, 0.717) is 23.5 Å². The van der Waals surface area contributed by atoms with E-state index < -0.39 is 0 Å². The summed E-state index contributed by atoms with van der Waals surface area (Å²) < 4.78 is 7.25. The van der Waals surface area contributed by atoms with Gasteiger partial charge in [0.05, 0.1) is 17.8 Å². The van der Waals surface area contributed by atoms with Gasteiger partial charge in [-0.1, -0.05) is 43.6 Å². The number of ether oxygens (including phenoxy) is 1. The summed E-state index contributed by atoms with van der Waals surface area (Å²) in [6, 6.07) is 0.581. The first-order chi connectivity index (χ1) is 17.1. The van der Waals surface area contributed by atoms with Gasteiger partial charge >= 0.3 is 0 Å². The number of aliphatic hydroxyl groups excluding tert-OH is 1. The molecule has 0 unspecified atom stereocenters. The molecule has 2 saturated heterocycles. The van der Waals surface area contributed by atoms with Crippen molar-refractivity contribution >= 4 is 0 Å². The van der Waals surface area contributed by atoms with Gasteiger partial charge in [0, 0.05) is 31.6 Å². The highest BCUT2D eigenvalue weighted by molar-refractivity contribution is 5.34. The molecule has 1 spiro atoms. The zero-order valence-electron chi connectivity index (χ0n) is 23.9. The maximum Gasteiger partial charge on any atom is 0.0765 e. The van der Waals surface area contributed by atoms with Crippen LogP contribution >= 0.6 is 0 Å². The highest BCUT2D eigenvalue weighted by atomic mass is 16.5. The van der Waals surface area contributed by atoms with Crippen molar-refractivity contribution in [2.45, 2.75) is 109 Å². The third-order valence-corrected chi connectivity index (χ3v) is 12.1. The van der Waals surface area contributed by atoms with E-state index in [2.05, 4.69) is 57.7 Å². The summed E-state index contributed by atoms with van der Waals surface area (Å²) in [6.45, 7) is 13.5. The topological polar surface area (TPSA) is 35.9 Å². The second-order valence-electron chi connectivity index (χ2n) is 14.5. The van der Waals surface area contributed by atoms with Gasteiger partial charge in [0.25, 0.3) is 0 Å². The molecule has 6 rings (SSSR count). The van der Waals surface area contributed by atoms with Crippen LogP contribution < -0.4 is 0 Å². The van der Waals surface area contributed by atoms with Crippen LogP contribution in [0.2, 0.25) is 0 Å².